The largest absolute Gasteiger partial charge is 0.455 e. The molecule has 4 rings (SSSR count). The summed E-state index contributed by atoms with van der Waals surface area (Å²) >= 11 is 5.88. The van der Waals surface area contributed by atoms with Crippen LogP contribution < -0.4 is 4.90 Å². The van der Waals surface area contributed by atoms with E-state index in [2.05, 4.69) is 26.2 Å². The van der Waals surface area contributed by atoms with E-state index in [0.29, 0.717) is 42.4 Å². The lowest BCUT2D eigenvalue weighted by molar-refractivity contribution is -0.151. The van der Waals surface area contributed by atoms with Crippen molar-refractivity contribution in [3.63, 3.8) is 0 Å². The molecule has 0 bridgehead atoms. The fourth-order valence-corrected chi connectivity index (χ4v) is 3.38. The van der Waals surface area contributed by atoms with Crippen LogP contribution in [0.25, 0.3) is 11.5 Å². The lowest BCUT2D eigenvalue weighted by Gasteiger charge is -2.31. The minimum atomic E-state index is -0.270. The summed E-state index contributed by atoms with van der Waals surface area (Å²) in [6, 6.07) is 12.7. The molecule has 0 radical (unpaired) electrons. The highest BCUT2D eigenvalue weighted by Crippen LogP contribution is 2.24. The lowest BCUT2D eigenvalue weighted by atomic mass is 9.97. The number of piperidine rings is 1. The van der Waals surface area contributed by atoms with Gasteiger partial charge in [-0.15, -0.1) is 10.2 Å². The van der Waals surface area contributed by atoms with Gasteiger partial charge in [0.15, 0.2) is 6.61 Å². The predicted molar refractivity (Wildman–Crippen MR) is 108 cm³/mol. The number of aromatic nitrogens is 3. The van der Waals surface area contributed by atoms with Gasteiger partial charge in [0.05, 0.1) is 11.5 Å². The van der Waals surface area contributed by atoms with Gasteiger partial charge in [-0.05, 0) is 49.2 Å². The number of pyridine rings is 1. The van der Waals surface area contributed by atoms with E-state index in [-0.39, 0.29) is 24.4 Å². The minimum absolute atomic E-state index is 0.0587. The van der Waals surface area contributed by atoms with Gasteiger partial charge < -0.3 is 14.1 Å². The van der Waals surface area contributed by atoms with Crippen LogP contribution >= 0.6 is 11.6 Å². The number of nitriles is 1. The van der Waals surface area contributed by atoms with Crippen molar-refractivity contribution in [2.45, 2.75) is 19.4 Å². The van der Waals surface area contributed by atoms with Crippen molar-refractivity contribution in [1.29, 1.82) is 5.26 Å². The molecule has 1 saturated heterocycles. The number of esters is 1. The lowest BCUT2D eigenvalue weighted by Crippen LogP contribution is -2.37. The van der Waals surface area contributed by atoms with E-state index in [1.54, 1.807) is 36.5 Å². The number of nitrogens with zero attached hydrogens (tertiary/aromatic N) is 5. The van der Waals surface area contributed by atoms with Crippen molar-refractivity contribution in [2.24, 2.45) is 5.92 Å². The molecule has 0 amide bonds. The summed E-state index contributed by atoms with van der Waals surface area (Å²) in [5.41, 5.74) is 1.27. The van der Waals surface area contributed by atoms with E-state index in [4.69, 9.17) is 26.0 Å². The van der Waals surface area contributed by atoms with Crippen molar-refractivity contribution < 1.29 is 13.9 Å². The number of halogens is 1. The molecule has 3 aromatic rings. The molecule has 0 saturated carbocycles. The first kappa shape index (κ1) is 19.9. The van der Waals surface area contributed by atoms with Crippen LogP contribution in [-0.4, -0.2) is 34.2 Å². The SMILES string of the molecule is N#Cc1ccc(N2CCC(C(=O)OCc3nnc(-c4ccc(Cl)cc4)o3)CC2)nc1. The maximum absolute atomic E-state index is 12.4. The molecule has 9 heteroatoms. The number of hydrogen-bond donors (Lipinski definition) is 0. The van der Waals surface area contributed by atoms with E-state index < -0.39 is 0 Å². The topological polar surface area (TPSA) is 105 Å². The first-order valence-electron chi connectivity index (χ1n) is 9.48. The molecule has 0 unspecified atom stereocenters. The van der Waals surface area contributed by atoms with Crippen LogP contribution in [0.3, 0.4) is 0 Å². The summed E-state index contributed by atoms with van der Waals surface area (Å²) in [6.07, 6.45) is 2.89. The highest BCUT2D eigenvalue weighted by atomic mass is 35.5. The second kappa shape index (κ2) is 8.93. The smallest absolute Gasteiger partial charge is 0.309 e. The monoisotopic (exact) mass is 423 g/mol. The van der Waals surface area contributed by atoms with Crippen LogP contribution in [0.4, 0.5) is 5.82 Å². The molecule has 1 fully saturated rings. The Kier molecular flexibility index (Phi) is 5.91. The summed E-state index contributed by atoms with van der Waals surface area (Å²) in [5.74, 6) is 0.946. The maximum Gasteiger partial charge on any atom is 0.309 e. The summed E-state index contributed by atoms with van der Waals surface area (Å²) in [4.78, 5) is 18.8. The number of hydrogen-bond acceptors (Lipinski definition) is 8. The molecule has 152 valence electrons. The molecule has 3 heterocycles. The number of anilines is 1. The van der Waals surface area contributed by atoms with Crippen molar-refractivity contribution in [3.05, 3.63) is 59.1 Å². The first-order valence-corrected chi connectivity index (χ1v) is 9.86. The van der Waals surface area contributed by atoms with E-state index in [1.807, 2.05) is 6.07 Å². The Morgan fingerprint density at radius 1 is 1.20 bits per heavy atom. The predicted octanol–water partition coefficient (Wildman–Crippen LogP) is 3.62. The second-order valence-corrected chi connectivity index (χ2v) is 7.33. The Labute approximate surface area is 178 Å². The van der Waals surface area contributed by atoms with Gasteiger partial charge in [-0.3, -0.25) is 4.79 Å². The number of rotatable bonds is 5. The zero-order valence-electron chi connectivity index (χ0n) is 16.0. The molecular weight excluding hydrogens is 406 g/mol. The number of carbonyl (C=O) groups is 1. The molecular formula is C21H18ClN5O3. The van der Waals surface area contributed by atoms with E-state index in [9.17, 15) is 4.79 Å². The Bertz CT molecular complexity index is 1050. The zero-order chi connectivity index (χ0) is 20.9. The van der Waals surface area contributed by atoms with Crippen molar-refractivity contribution in [3.8, 4) is 17.5 Å². The van der Waals surface area contributed by atoms with Gasteiger partial charge in [-0.1, -0.05) is 11.6 Å². The quantitative estimate of drug-likeness (QED) is 0.573. The van der Waals surface area contributed by atoms with E-state index in [1.165, 1.54) is 0 Å². The van der Waals surface area contributed by atoms with Crippen molar-refractivity contribution >= 4 is 23.4 Å². The Balaban J connectivity index is 1.27. The fraction of sp³-hybridized carbons (Fsp3) is 0.286. The molecule has 0 aliphatic carbocycles. The molecule has 2 aromatic heterocycles. The van der Waals surface area contributed by atoms with E-state index >= 15 is 0 Å². The highest BCUT2D eigenvalue weighted by molar-refractivity contribution is 6.30. The third-order valence-electron chi connectivity index (χ3n) is 4.93. The molecule has 0 spiro atoms. The molecule has 1 aliphatic rings. The normalized spacial score (nSPS) is 14.3. The van der Waals surface area contributed by atoms with Crippen LogP contribution in [-0.2, 0) is 16.1 Å². The van der Waals surface area contributed by atoms with Crippen LogP contribution in [0.1, 0.15) is 24.3 Å². The molecule has 1 aromatic carbocycles. The maximum atomic E-state index is 12.4. The van der Waals surface area contributed by atoms with Gasteiger partial charge in [-0.2, -0.15) is 5.26 Å². The standard InChI is InChI=1S/C21H18ClN5O3/c22-17-4-2-15(3-5-17)20-26-25-19(30-20)13-29-21(28)16-7-9-27(10-8-16)18-6-1-14(11-23)12-24-18/h1-6,12,16H,7-10,13H2. The van der Waals surface area contributed by atoms with Crippen molar-refractivity contribution in [2.75, 3.05) is 18.0 Å². The van der Waals surface area contributed by atoms with Gasteiger partial charge in [0.2, 0.25) is 5.89 Å². The Morgan fingerprint density at radius 3 is 2.63 bits per heavy atom. The Morgan fingerprint density at radius 2 is 1.97 bits per heavy atom. The third-order valence-corrected chi connectivity index (χ3v) is 5.18. The van der Waals surface area contributed by atoms with Gasteiger partial charge in [0, 0.05) is 29.9 Å². The summed E-state index contributed by atoms with van der Waals surface area (Å²) in [5, 5.41) is 17.4. The van der Waals surface area contributed by atoms with Crippen LogP contribution in [0.15, 0.2) is 47.0 Å². The number of carbonyl (C=O) groups excluding carboxylic acids is 1. The van der Waals surface area contributed by atoms with Gasteiger partial charge in [0.1, 0.15) is 11.9 Å². The van der Waals surface area contributed by atoms with Crippen LogP contribution in [0.2, 0.25) is 5.02 Å². The average molecular weight is 424 g/mol. The summed E-state index contributed by atoms with van der Waals surface area (Å²) in [7, 11) is 0. The van der Waals surface area contributed by atoms with Gasteiger partial charge in [-0.25, -0.2) is 4.98 Å². The zero-order valence-corrected chi connectivity index (χ0v) is 16.7. The van der Waals surface area contributed by atoms with Gasteiger partial charge in [0.25, 0.3) is 5.89 Å². The van der Waals surface area contributed by atoms with E-state index in [0.717, 1.165) is 11.4 Å². The Hall–Kier alpha value is -3.44. The third kappa shape index (κ3) is 4.58. The molecule has 0 N–H and O–H groups in total. The van der Waals surface area contributed by atoms with Crippen LogP contribution in [0, 0.1) is 17.2 Å². The molecule has 30 heavy (non-hydrogen) atoms. The first-order chi connectivity index (χ1) is 14.6. The average Bonchev–Trinajstić information content (AvgIpc) is 3.27. The minimum Gasteiger partial charge on any atom is -0.455 e. The van der Waals surface area contributed by atoms with Crippen LogP contribution in [0.5, 0.6) is 0 Å². The van der Waals surface area contributed by atoms with Crippen molar-refractivity contribution in [1.82, 2.24) is 15.2 Å². The fourth-order valence-electron chi connectivity index (χ4n) is 3.26. The molecule has 8 nitrogen and oxygen atoms in total. The second-order valence-electron chi connectivity index (χ2n) is 6.89. The molecule has 0 atom stereocenters. The number of benzene rings is 1. The summed E-state index contributed by atoms with van der Waals surface area (Å²) < 4.78 is 10.9. The molecule has 1 aliphatic heterocycles. The summed E-state index contributed by atoms with van der Waals surface area (Å²) in [6.45, 7) is 1.33. The highest BCUT2D eigenvalue weighted by Gasteiger charge is 2.27. The number of ether oxygens (including phenoxy) is 1. The van der Waals surface area contributed by atoms with Gasteiger partial charge >= 0.3 is 5.97 Å².